The molecule has 0 aliphatic rings. The summed E-state index contributed by atoms with van der Waals surface area (Å²) in [6, 6.07) is 16.1. The van der Waals surface area contributed by atoms with E-state index in [2.05, 4.69) is 0 Å². The van der Waals surface area contributed by atoms with Crippen LogP contribution in [0.5, 0.6) is 0 Å². The fourth-order valence-electron chi connectivity index (χ4n) is 2.57. The van der Waals surface area contributed by atoms with Crippen LogP contribution in [0.25, 0.3) is 12.2 Å². The highest BCUT2D eigenvalue weighted by Crippen LogP contribution is 2.10. The normalized spacial score (nSPS) is 10.7. The third-order valence-corrected chi connectivity index (χ3v) is 4.27. The number of rotatable bonds is 8. The van der Waals surface area contributed by atoms with E-state index in [0.29, 0.717) is 12.8 Å². The third kappa shape index (κ3) is 9.27. The summed E-state index contributed by atoms with van der Waals surface area (Å²) in [5, 5.41) is 0. The van der Waals surface area contributed by atoms with Gasteiger partial charge in [-0.25, -0.2) is 0 Å². The summed E-state index contributed by atoms with van der Waals surface area (Å²) in [6.07, 6.45) is 10.2. The molecule has 0 aliphatic heterocycles. The Morgan fingerprint density at radius 2 is 1.04 bits per heavy atom. The molecule has 2 aromatic carbocycles. The molecular formula is C26H32O2. The van der Waals surface area contributed by atoms with Gasteiger partial charge in [-0.15, -0.1) is 0 Å². The first-order chi connectivity index (χ1) is 13.5. The van der Waals surface area contributed by atoms with Gasteiger partial charge in [0.25, 0.3) is 0 Å². The van der Waals surface area contributed by atoms with Crippen molar-refractivity contribution in [3.8, 4) is 0 Å². The van der Waals surface area contributed by atoms with Crippen molar-refractivity contribution in [2.75, 3.05) is 0 Å². The molecule has 0 aliphatic carbocycles. The zero-order valence-electron chi connectivity index (χ0n) is 17.6. The van der Waals surface area contributed by atoms with E-state index in [9.17, 15) is 9.59 Å². The highest BCUT2D eigenvalue weighted by atomic mass is 16.1. The van der Waals surface area contributed by atoms with Crippen molar-refractivity contribution >= 4 is 23.7 Å². The average Bonchev–Trinajstić information content (AvgIpc) is 2.68. The van der Waals surface area contributed by atoms with Gasteiger partial charge in [0.2, 0.25) is 0 Å². The Balaban J connectivity index is 0.000000280. The third-order valence-electron chi connectivity index (χ3n) is 4.27. The molecule has 0 heterocycles. The van der Waals surface area contributed by atoms with Crippen LogP contribution in [0.1, 0.15) is 61.8 Å². The summed E-state index contributed by atoms with van der Waals surface area (Å²) in [5.41, 5.74) is 4.65. The molecule has 28 heavy (non-hydrogen) atoms. The van der Waals surface area contributed by atoms with Crippen molar-refractivity contribution in [2.24, 2.45) is 0 Å². The predicted molar refractivity (Wildman–Crippen MR) is 120 cm³/mol. The van der Waals surface area contributed by atoms with Crippen LogP contribution in [0, 0.1) is 13.8 Å². The molecule has 2 nitrogen and oxygen atoms in total. The molecule has 0 saturated carbocycles. The maximum Gasteiger partial charge on any atom is 0.155 e. The summed E-state index contributed by atoms with van der Waals surface area (Å²) in [7, 11) is 0. The van der Waals surface area contributed by atoms with Crippen LogP contribution in [0.2, 0.25) is 0 Å². The molecule has 2 heteroatoms. The molecule has 0 amide bonds. The van der Waals surface area contributed by atoms with Gasteiger partial charge >= 0.3 is 0 Å². The van der Waals surface area contributed by atoms with E-state index in [-0.39, 0.29) is 11.6 Å². The first kappa shape index (κ1) is 23.3. The quantitative estimate of drug-likeness (QED) is 0.477. The zero-order chi connectivity index (χ0) is 20.8. The summed E-state index contributed by atoms with van der Waals surface area (Å²) < 4.78 is 0. The molecule has 0 saturated heterocycles. The van der Waals surface area contributed by atoms with Crippen molar-refractivity contribution in [1.29, 1.82) is 0 Å². The van der Waals surface area contributed by atoms with Gasteiger partial charge in [-0.05, 0) is 61.1 Å². The standard InChI is InChI=1S/2C13H16O/c2*1-3-6-13(14)10-9-12-8-5-4-7-11(12)2/h2*4-5,7-10H,3,6H2,1-2H3/b2*10-9+. The molecule has 0 atom stereocenters. The molecule has 0 bridgehead atoms. The van der Waals surface area contributed by atoms with Gasteiger partial charge in [0.1, 0.15) is 0 Å². The Labute approximate surface area is 170 Å². The first-order valence-corrected chi connectivity index (χ1v) is 10.0. The highest BCUT2D eigenvalue weighted by molar-refractivity contribution is 5.94. The maximum absolute atomic E-state index is 11.2. The summed E-state index contributed by atoms with van der Waals surface area (Å²) >= 11 is 0. The second-order valence-corrected chi connectivity index (χ2v) is 6.81. The van der Waals surface area contributed by atoms with E-state index >= 15 is 0 Å². The van der Waals surface area contributed by atoms with Gasteiger partial charge < -0.3 is 0 Å². The summed E-state index contributed by atoms with van der Waals surface area (Å²) in [6.45, 7) is 8.12. The van der Waals surface area contributed by atoms with Gasteiger partial charge in [-0.1, -0.05) is 74.5 Å². The molecule has 148 valence electrons. The van der Waals surface area contributed by atoms with Crippen LogP contribution in [-0.2, 0) is 9.59 Å². The lowest BCUT2D eigenvalue weighted by molar-refractivity contribution is -0.115. The number of carbonyl (C=O) groups is 2. The zero-order valence-corrected chi connectivity index (χ0v) is 17.6. The maximum atomic E-state index is 11.2. The van der Waals surface area contributed by atoms with Gasteiger partial charge in [0.15, 0.2) is 11.6 Å². The summed E-state index contributed by atoms with van der Waals surface area (Å²) in [4.78, 5) is 22.5. The largest absolute Gasteiger partial charge is 0.295 e. The fraction of sp³-hybridized carbons (Fsp3) is 0.308. The molecular weight excluding hydrogens is 344 g/mol. The molecule has 0 fully saturated rings. The monoisotopic (exact) mass is 376 g/mol. The smallest absolute Gasteiger partial charge is 0.155 e. The molecule has 0 spiro atoms. The Morgan fingerprint density at radius 3 is 1.36 bits per heavy atom. The van der Waals surface area contributed by atoms with E-state index in [1.165, 1.54) is 11.1 Å². The molecule has 2 rings (SSSR count). The molecule has 2 aromatic rings. The second kappa shape index (κ2) is 13.4. The number of allylic oxidation sites excluding steroid dienone is 2. The minimum absolute atomic E-state index is 0.204. The number of hydrogen-bond donors (Lipinski definition) is 0. The number of hydrogen-bond acceptors (Lipinski definition) is 2. The Hall–Kier alpha value is -2.74. The molecule has 0 aromatic heterocycles. The van der Waals surface area contributed by atoms with Crippen molar-refractivity contribution in [3.05, 3.63) is 82.9 Å². The summed E-state index contributed by atoms with van der Waals surface area (Å²) in [5.74, 6) is 0.409. The Bertz CT molecular complexity index is 743. The minimum atomic E-state index is 0.204. The van der Waals surface area contributed by atoms with E-state index in [1.54, 1.807) is 12.2 Å². The van der Waals surface area contributed by atoms with E-state index in [1.807, 2.05) is 88.4 Å². The SMILES string of the molecule is CCCC(=O)/C=C/c1ccccc1C.CCCC(=O)/C=C/c1ccccc1C. The van der Waals surface area contributed by atoms with E-state index < -0.39 is 0 Å². The Kier molecular flexibility index (Phi) is 11.2. The lowest BCUT2D eigenvalue weighted by Gasteiger charge is -1.97. The molecule has 0 radical (unpaired) electrons. The van der Waals surface area contributed by atoms with Crippen LogP contribution in [0.15, 0.2) is 60.7 Å². The van der Waals surface area contributed by atoms with Gasteiger partial charge in [0, 0.05) is 12.8 Å². The second-order valence-electron chi connectivity index (χ2n) is 6.81. The van der Waals surface area contributed by atoms with Gasteiger partial charge in [-0.2, -0.15) is 0 Å². The van der Waals surface area contributed by atoms with Crippen LogP contribution < -0.4 is 0 Å². The Morgan fingerprint density at radius 1 is 0.679 bits per heavy atom. The predicted octanol–water partition coefficient (Wildman–Crippen LogP) is 6.75. The molecule has 0 N–H and O–H groups in total. The average molecular weight is 377 g/mol. The van der Waals surface area contributed by atoms with Crippen LogP contribution in [-0.4, -0.2) is 11.6 Å². The highest BCUT2D eigenvalue weighted by Gasteiger charge is 1.96. The van der Waals surface area contributed by atoms with E-state index in [4.69, 9.17) is 0 Å². The van der Waals surface area contributed by atoms with Crippen LogP contribution in [0.3, 0.4) is 0 Å². The lowest BCUT2D eigenvalue weighted by Crippen LogP contribution is -1.90. The van der Waals surface area contributed by atoms with Crippen LogP contribution >= 0.6 is 0 Å². The fourth-order valence-corrected chi connectivity index (χ4v) is 2.57. The number of aryl methyl sites for hydroxylation is 2. The van der Waals surface area contributed by atoms with Gasteiger partial charge in [-0.3, -0.25) is 9.59 Å². The minimum Gasteiger partial charge on any atom is -0.295 e. The van der Waals surface area contributed by atoms with E-state index in [0.717, 1.165) is 24.0 Å². The number of ketones is 2. The van der Waals surface area contributed by atoms with Gasteiger partial charge in [0.05, 0.1) is 0 Å². The number of benzene rings is 2. The number of carbonyl (C=O) groups excluding carboxylic acids is 2. The molecule has 0 unspecified atom stereocenters. The topological polar surface area (TPSA) is 34.1 Å². The van der Waals surface area contributed by atoms with Crippen molar-refractivity contribution in [2.45, 2.75) is 53.4 Å². The van der Waals surface area contributed by atoms with Crippen molar-refractivity contribution in [3.63, 3.8) is 0 Å². The first-order valence-electron chi connectivity index (χ1n) is 10.0. The van der Waals surface area contributed by atoms with Crippen LogP contribution in [0.4, 0.5) is 0 Å². The van der Waals surface area contributed by atoms with Crippen molar-refractivity contribution in [1.82, 2.24) is 0 Å². The van der Waals surface area contributed by atoms with Crippen molar-refractivity contribution < 1.29 is 9.59 Å². The lowest BCUT2D eigenvalue weighted by atomic mass is 10.1.